The fourth-order valence-electron chi connectivity index (χ4n) is 1.45. The Balaban J connectivity index is 2.60. The first-order valence-corrected chi connectivity index (χ1v) is 9.29. The molecule has 0 heterocycles. The van der Waals surface area contributed by atoms with Crippen LogP contribution in [0.1, 0.15) is 11.1 Å². The molecule has 0 atom stereocenters. The van der Waals surface area contributed by atoms with Crippen LogP contribution in [-0.2, 0) is 25.8 Å². The lowest BCUT2D eigenvalue weighted by molar-refractivity contribution is 0.519. The van der Waals surface area contributed by atoms with Gasteiger partial charge in [0.05, 0.1) is 23.1 Å². The molecule has 0 saturated carbocycles. The van der Waals surface area contributed by atoms with Crippen LogP contribution in [0, 0.1) is 11.3 Å². The summed E-state index contributed by atoms with van der Waals surface area (Å²) in [7, 11) is -4.27. The first-order chi connectivity index (χ1) is 9.66. The summed E-state index contributed by atoms with van der Waals surface area (Å²) in [5, 5.41) is 8.66. The third kappa shape index (κ3) is 5.81. The summed E-state index contributed by atoms with van der Waals surface area (Å²) < 4.78 is 50.0. The van der Waals surface area contributed by atoms with Crippen LogP contribution in [0.25, 0.3) is 0 Å². The lowest BCUT2D eigenvalue weighted by Crippen LogP contribution is -2.34. The minimum Gasteiger partial charge on any atom is -0.214 e. The summed E-state index contributed by atoms with van der Waals surface area (Å²) in [4.78, 5) is 0. The van der Waals surface area contributed by atoms with Crippen LogP contribution >= 0.6 is 0 Å². The van der Waals surface area contributed by atoms with Crippen molar-refractivity contribution in [3.63, 3.8) is 0 Å². The van der Waals surface area contributed by atoms with E-state index < -0.39 is 20.0 Å². The number of hydrogen-bond acceptors (Lipinski definition) is 5. The molecule has 0 radical (unpaired) electrons. The number of nitrogens with zero attached hydrogens (tertiary/aromatic N) is 2. The Kier molecular flexibility index (Phi) is 5.86. The molecule has 0 fully saturated rings. The molecule has 0 bridgehead atoms. The number of hydrogen-bond donors (Lipinski definition) is 1. The molecule has 1 N–H and O–H groups in total. The molecule has 116 valence electrons. The molecule has 21 heavy (non-hydrogen) atoms. The Bertz CT molecular complexity index is 717. The van der Waals surface area contributed by atoms with Crippen LogP contribution < -0.4 is 4.72 Å². The van der Waals surface area contributed by atoms with Crippen molar-refractivity contribution in [3.05, 3.63) is 35.4 Å². The Hall–Kier alpha value is -1.47. The minimum absolute atomic E-state index is 0.181. The fourth-order valence-corrected chi connectivity index (χ4v) is 3.46. The Labute approximate surface area is 125 Å². The summed E-state index contributed by atoms with van der Waals surface area (Å²) in [6, 6.07) is 8.10. The molecule has 0 amide bonds. The van der Waals surface area contributed by atoms with Crippen LogP contribution in [0.15, 0.2) is 24.3 Å². The zero-order valence-electron chi connectivity index (χ0n) is 11.8. The number of sulfonamides is 2. The van der Waals surface area contributed by atoms with Crippen molar-refractivity contribution in [2.75, 3.05) is 26.4 Å². The lowest BCUT2D eigenvalue weighted by Gasteiger charge is -2.11. The number of nitrogens with one attached hydrogen (secondary N) is 1. The van der Waals surface area contributed by atoms with Gasteiger partial charge in [0, 0.05) is 20.6 Å². The van der Waals surface area contributed by atoms with E-state index in [0.717, 1.165) is 4.31 Å². The van der Waals surface area contributed by atoms with Crippen molar-refractivity contribution in [2.45, 2.75) is 5.75 Å². The number of benzene rings is 1. The number of nitriles is 1. The second kappa shape index (κ2) is 7.00. The van der Waals surface area contributed by atoms with Crippen molar-refractivity contribution in [2.24, 2.45) is 0 Å². The standard InChI is InChI=1S/C12H17N3O4S2/c1-15(2)21(18,19)8-7-14-20(16,17)10-12-5-3-11(9-13)4-6-12/h3-6,14H,7-8,10H2,1-2H3. The molecule has 0 saturated heterocycles. The summed E-state index contributed by atoms with van der Waals surface area (Å²) in [5.41, 5.74) is 0.971. The highest BCUT2D eigenvalue weighted by Gasteiger charge is 2.16. The van der Waals surface area contributed by atoms with E-state index in [1.54, 1.807) is 12.1 Å². The molecule has 0 aromatic heterocycles. The van der Waals surface area contributed by atoms with E-state index in [2.05, 4.69) is 4.72 Å². The Morgan fingerprint density at radius 2 is 1.71 bits per heavy atom. The van der Waals surface area contributed by atoms with Gasteiger partial charge in [0.25, 0.3) is 0 Å². The van der Waals surface area contributed by atoms with Gasteiger partial charge in [-0.25, -0.2) is 25.9 Å². The SMILES string of the molecule is CN(C)S(=O)(=O)CCNS(=O)(=O)Cc1ccc(C#N)cc1. The maximum atomic E-state index is 11.8. The van der Waals surface area contributed by atoms with Gasteiger partial charge in [-0.05, 0) is 17.7 Å². The highest BCUT2D eigenvalue weighted by atomic mass is 32.2. The first-order valence-electron chi connectivity index (χ1n) is 6.03. The third-order valence-electron chi connectivity index (χ3n) is 2.68. The maximum absolute atomic E-state index is 11.8. The molecule has 0 spiro atoms. The highest BCUT2D eigenvalue weighted by molar-refractivity contribution is 7.89. The first kappa shape index (κ1) is 17.6. The average Bonchev–Trinajstić information content (AvgIpc) is 2.38. The highest BCUT2D eigenvalue weighted by Crippen LogP contribution is 2.07. The van der Waals surface area contributed by atoms with Crippen molar-refractivity contribution < 1.29 is 16.8 Å². The topological polar surface area (TPSA) is 107 Å². The monoisotopic (exact) mass is 331 g/mol. The van der Waals surface area contributed by atoms with Gasteiger partial charge in [0.15, 0.2) is 0 Å². The summed E-state index contributed by atoms with van der Waals surface area (Å²) >= 11 is 0. The maximum Gasteiger partial charge on any atom is 0.215 e. The quantitative estimate of drug-likeness (QED) is 0.749. The zero-order valence-corrected chi connectivity index (χ0v) is 13.4. The zero-order chi connectivity index (χ0) is 16.1. The molecular weight excluding hydrogens is 314 g/mol. The molecule has 0 aliphatic carbocycles. The van der Waals surface area contributed by atoms with Crippen LogP contribution in [0.4, 0.5) is 0 Å². The third-order valence-corrected chi connectivity index (χ3v) is 5.87. The van der Waals surface area contributed by atoms with Crippen molar-refractivity contribution in [1.82, 2.24) is 9.03 Å². The summed E-state index contributed by atoms with van der Waals surface area (Å²) in [5.74, 6) is -0.562. The van der Waals surface area contributed by atoms with Crippen LogP contribution in [0.5, 0.6) is 0 Å². The van der Waals surface area contributed by atoms with Crippen LogP contribution in [0.3, 0.4) is 0 Å². The van der Waals surface area contributed by atoms with Gasteiger partial charge >= 0.3 is 0 Å². The van der Waals surface area contributed by atoms with E-state index in [4.69, 9.17) is 5.26 Å². The molecule has 0 aliphatic rings. The molecule has 9 heteroatoms. The van der Waals surface area contributed by atoms with Gasteiger partial charge in [-0.1, -0.05) is 12.1 Å². The molecule has 1 rings (SSSR count). The Morgan fingerprint density at radius 3 is 2.19 bits per heavy atom. The van der Waals surface area contributed by atoms with Gasteiger partial charge in [-0.15, -0.1) is 0 Å². The van der Waals surface area contributed by atoms with E-state index in [1.165, 1.54) is 26.2 Å². The summed E-state index contributed by atoms with van der Waals surface area (Å²) in [6.45, 7) is -0.181. The van der Waals surface area contributed by atoms with Crippen molar-refractivity contribution >= 4 is 20.0 Å². The van der Waals surface area contributed by atoms with Gasteiger partial charge < -0.3 is 0 Å². The molecular formula is C12H17N3O4S2. The van der Waals surface area contributed by atoms with E-state index in [-0.39, 0.29) is 18.1 Å². The number of rotatable bonds is 7. The molecule has 1 aromatic rings. The van der Waals surface area contributed by atoms with Crippen LogP contribution in [-0.4, -0.2) is 47.5 Å². The normalized spacial score (nSPS) is 12.3. The van der Waals surface area contributed by atoms with E-state index >= 15 is 0 Å². The van der Waals surface area contributed by atoms with Gasteiger partial charge in [-0.3, -0.25) is 0 Å². The fraction of sp³-hybridized carbons (Fsp3) is 0.417. The predicted molar refractivity (Wildman–Crippen MR) is 79.3 cm³/mol. The van der Waals surface area contributed by atoms with Crippen LogP contribution in [0.2, 0.25) is 0 Å². The Morgan fingerprint density at radius 1 is 1.14 bits per heavy atom. The second-order valence-electron chi connectivity index (χ2n) is 4.56. The van der Waals surface area contributed by atoms with Crippen molar-refractivity contribution in [3.8, 4) is 6.07 Å². The van der Waals surface area contributed by atoms with E-state index in [1.807, 2.05) is 6.07 Å². The van der Waals surface area contributed by atoms with Gasteiger partial charge in [-0.2, -0.15) is 5.26 Å². The van der Waals surface area contributed by atoms with Gasteiger partial charge in [0.2, 0.25) is 20.0 Å². The molecule has 0 unspecified atom stereocenters. The largest absolute Gasteiger partial charge is 0.215 e. The van der Waals surface area contributed by atoms with Gasteiger partial charge in [0.1, 0.15) is 0 Å². The van der Waals surface area contributed by atoms with E-state index in [0.29, 0.717) is 11.1 Å². The molecule has 1 aromatic carbocycles. The molecule has 0 aliphatic heterocycles. The van der Waals surface area contributed by atoms with Crippen molar-refractivity contribution in [1.29, 1.82) is 5.26 Å². The average molecular weight is 331 g/mol. The molecule has 7 nitrogen and oxygen atoms in total. The second-order valence-corrected chi connectivity index (χ2v) is 8.67. The van der Waals surface area contributed by atoms with E-state index in [9.17, 15) is 16.8 Å². The smallest absolute Gasteiger partial charge is 0.214 e. The summed E-state index contributed by atoms with van der Waals surface area (Å²) in [6.07, 6.45) is 0. The predicted octanol–water partition coefficient (Wildman–Crippen LogP) is -0.131. The lowest BCUT2D eigenvalue weighted by atomic mass is 10.2. The minimum atomic E-state index is -3.62.